The van der Waals surface area contributed by atoms with Crippen LogP contribution in [0, 0.1) is 0 Å². The molecule has 3 fully saturated rings. The molecule has 0 atom stereocenters. The van der Waals surface area contributed by atoms with Crippen LogP contribution in [0.1, 0.15) is 39.7 Å². The summed E-state index contributed by atoms with van der Waals surface area (Å²) in [5.41, 5.74) is 0.699. The van der Waals surface area contributed by atoms with E-state index in [0.29, 0.717) is 12.2 Å². The van der Waals surface area contributed by atoms with Gasteiger partial charge < -0.3 is 23.7 Å². The van der Waals surface area contributed by atoms with Crippen molar-refractivity contribution in [1.82, 2.24) is 14.8 Å². The number of nitrogens with zero attached hydrogens (tertiary/aromatic N) is 3. The molecular weight excluding hydrogens is 490 g/mol. The van der Waals surface area contributed by atoms with Crippen molar-refractivity contribution in [1.29, 1.82) is 0 Å². The molecular formula is C25H30F2N4O6. The van der Waals surface area contributed by atoms with E-state index in [1.807, 2.05) is 29.0 Å². The maximum Gasteiger partial charge on any atom is 0.410 e. The minimum Gasteiger partial charge on any atom is -0.444 e. The van der Waals surface area contributed by atoms with Gasteiger partial charge in [0.1, 0.15) is 5.60 Å². The van der Waals surface area contributed by atoms with E-state index in [9.17, 15) is 14.4 Å². The minimum absolute atomic E-state index is 0.00417. The van der Waals surface area contributed by atoms with Crippen LogP contribution < -0.4 is 10.2 Å². The average Bonchev–Trinajstić information content (AvgIpc) is 3.23. The fraction of sp³-hybridized carbons (Fsp3) is 0.560. The smallest absolute Gasteiger partial charge is 0.410 e. The third kappa shape index (κ3) is 4.75. The fourth-order valence-corrected chi connectivity index (χ4v) is 4.90. The lowest BCUT2D eigenvalue weighted by Crippen LogP contribution is -2.66. The Balaban J connectivity index is 1.26. The molecule has 0 bridgehead atoms. The number of alkyl halides is 2. The van der Waals surface area contributed by atoms with Crippen molar-refractivity contribution in [3.05, 3.63) is 30.5 Å². The van der Waals surface area contributed by atoms with Gasteiger partial charge in [0.05, 0.1) is 25.8 Å². The number of carbonyl (C=O) groups is 3. The van der Waals surface area contributed by atoms with Crippen LogP contribution in [0.15, 0.2) is 30.5 Å². The van der Waals surface area contributed by atoms with Gasteiger partial charge in [-0.15, -0.1) is 0 Å². The minimum atomic E-state index is -3.42. The van der Waals surface area contributed by atoms with Crippen LogP contribution in [0.25, 0.3) is 10.9 Å². The van der Waals surface area contributed by atoms with Gasteiger partial charge in [-0.1, -0.05) is 0 Å². The molecule has 1 spiro atoms. The van der Waals surface area contributed by atoms with E-state index in [1.54, 1.807) is 26.8 Å². The summed E-state index contributed by atoms with van der Waals surface area (Å²) in [6, 6.07) is 6.52. The molecule has 1 N–H and O–H groups in total. The quantitative estimate of drug-likeness (QED) is 0.649. The Kier molecular flexibility index (Phi) is 6.14. The molecule has 3 aliphatic rings. The number of ether oxygens (including phenoxy) is 3. The van der Waals surface area contributed by atoms with Crippen LogP contribution in [0.5, 0.6) is 0 Å². The first-order valence-corrected chi connectivity index (χ1v) is 12.2. The summed E-state index contributed by atoms with van der Waals surface area (Å²) in [5, 5.41) is 3.15. The van der Waals surface area contributed by atoms with Gasteiger partial charge >= 0.3 is 18.0 Å². The van der Waals surface area contributed by atoms with E-state index in [1.165, 1.54) is 4.90 Å². The molecule has 0 aliphatic carbocycles. The van der Waals surface area contributed by atoms with Gasteiger partial charge in [0.25, 0.3) is 0 Å². The zero-order valence-corrected chi connectivity index (χ0v) is 21.0. The van der Waals surface area contributed by atoms with Crippen LogP contribution in [-0.2, 0) is 19.0 Å². The second-order valence-electron chi connectivity index (χ2n) is 10.6. The Hall–Kier alpha value is -3.25. The maximum atomic E-state index is 15.2. The molecule has 200 valence electrons. The number of fused-ring (bicyclic) bond motifs is 1. The lowest BCUT2D eigenvalue weighted by molar-refractivity contribution is -0.378. The number of amides is 4. The molecule has 0 radical (unpaired) electrons. The Morgan fingerprint density at radius 3 is 2.51 bits per heavy atom. The van der Waals surface area contributed by atoms with Crippen LogP contribution in [0.2, 0.25) is 0 Å². The molecule has 12 heteroatoms. The second-order valence-corrected chi connectivity index (χ2v) is 10.6. The predicted molar refractivity (Wildman–Crippen MR) is 128 cm³/mol. The number of halogens is 2. The van der Waals surface area contributed by atoms with E-state index >= 15 is 8.78 Å². The second kappa shape index (κ2) is 8.95. The van der Waals surface area contributed by atoms with E-state index in [-0.39, 0.29) is 44.5 Å². The van der Waals surface area contributed by atoms with E-state index in [4.69, 9.17) is 14.2 Å². The number of aromatic nitrogens is 1. The highest BCUT2D eigenvalue weighted by Gasteiger charge is 2.62. The molecule has 1 aromatic heterocycles. The Morgan fingerprint density at radius 2 is 1.86 bits per heavy atom. The summed E-state index contributed by atoms with van der Waals surface area (Å²) in [6.45, 7) is 4.52. The van der Waals surface area contributed by atoms with Gasteiger partial charge in [0, 0.05) is 48.7 Å². The number of urea groups is 1. The lowest BCUT2D eigenvalue weighted by atomic mass is 9.98. The lowest BCUT2D eigenvalue weighted by Gasteiger charge is -2.49. The van der Waals surface area contributed by atoms with E-state index < -0.39 is 36.0 Å². The molecule has 0 saturated carbocycles. The molecule has 1 aromatic carbocycles. The number of benzene rings is 1. The summed E-state index contributed by atoms with van der Waals surface area (Å²) >= 11 is 0. The molecule has 10 nitrogen and oxygen atoms in total. The highest BCUT2D eigenvalue weighted by molar-refractivity contribution is 6.06. The SMILES string of the molecule is CC(C)(C)OC(=O)N1CCC2(OCC(n3ccc4cc(N5CCC(=O)NC5=O)ccc43)CO2)C(F)(F)C1. The van der Waals surface area contributed by atoms with Crippen molar-refractivity contribution in [3.63, 3.8) is 0 Å². The summed E-state index contributed by atoms with van der Waals surface area (Å²) in [7, 11) is 0. The number of hydrogen-bond donors (Lipinski definition) is 1. The Morgan fingerprint density at radius 1 is 1.14 bits per heavy atom. The Bertz CT molecular complexity index is 1230. The number of imide groups is 1. The third-order valence-corrected chi connectivity index (χ3v) is 6.79. The van der Waals surface area contributed by atoms with Crippen LogP contribution >= 0.6 is 0 Å². The van der Waals surface area contributed by atoms with Crippen molar-refractivity contribution in [3.8, 4) is 0 Å². The standard InChI is InChI=1S/C25H30F2N4O6/c1-23(2,3)37-22(34)29-11-8-25(24(26,27)15-29)35-13-18(14-36-25)30-9-6-16-12-17(4-5-19(16)30)31-10-7-20(32)28-21(31)33/h4-6,9,12,18H,7-8,10-11,13-15H2,1-3H3,(H,28,32,33). The molecule has 4 amide bonds. The summed E-state index contributed by atoms with van der Waals surface area (Å²) in [5.74, 6) is -5.82. The van der Waals surface area contributed by atoms with Gasteiger partial charge in [-0.2, -0.15) is 8.78 Å². The van der Waals surface area contributed by atoms with Crippen molar-refractivity contribution in [2.75, 3.05) is 37.7 Å². The van der Waals surface area contributed by atoms with Crippen LogP contribution in [0.3, 0.4) is 0 Å². The van der Waals surface area contributed by atoms with E-state index in [2.05, 4.69) is 5.32 Å². The normalized spacial score (nSPS) is 26.5. The largest absolute Gasteiger partial charge is 0.444 e. The summed E-state index contributed by atoms with van der Waals surface area (Å²) in [4.78, 5) is 38.4. The number of hydrogen-bond acceptors (Lipinski definition) is 6. The van der Waals surface area contributed by atoms with Crippen molar-refractivity contribution in [2.24, 2.45) is 0 Å². The van der Waals surface area contributed by atoms with Gasteiger partial charge in [0.2, 0.25) is 11.7 Å². The van der Waals surface area contributed by atoms with Gasteiger partial charge in [0.15, 0.2) is 0 Å². The zero-order chi connectivity index (χ0) is 26.6. The molecule has 2 aromatic rings. The van der Waals surface area contributed by atoms with Crippen molar-refractivity contribution in [2.45, 2.75) is 57.0 Å². The van der Waals surface area contributed by atoms with Crippen LogP contribution in [0.4, 0.5) is 24.1 Å². The first-order valence-electron chi connectivity index (χ1n) is 12.2. The zero-order valence-electron chi connectivity index (χ0n) is 21.0. The summed E-state index contributed by atoms with van der Waals surface area (Å²) in [6.07, 6.45) is 1.08. The van der Waals surface area contributed by atoms with Crippen LogP contribution in [-0.4, -0.2) is 77.7 Å². The highest BCUT2D eigenvalue weighted by Crippen LogP contribution is 2.44. The number of rotatable bonds is 2. The number of likely N-dealkylation sites (tertiary alicyclic amines) is 1. The van der Waals surface area contributed by atoms with Gasteiger partial charge in [-0.3, -0.25) is 15.0 Å². The number of carbonyl (C=O) groups excluding carboxylic acids is 3. The molecule has 5 rings (SSSR count). The molecule has 37 heavy (non-hydrogen) atoms. The first kappa shape index (κ1) is 25.4. The topological polar surface area (TPSA) is 102 Å². The highest BCUT2D eigenvalue weighted by atomic mass is 19.3. The summed E-state index contributed by atoms with van der Waals surface area (Å²) < 4.78 is 49.0. The van der Waals surface area contributed by atoms with Crippen molar-refractivity contribution >= 4 is 34.6 Å². The number of piperidine rings is 1. The fourth-order valence-electron chi connectivity index (χ4n) is 4.90. The number of nitrogens with one attached hydrogen (secondary N) is 1. The monoisotopic (exact) mass is 520 g/mol. The first-order chi connectivity index (χ1) is 17.4. The van der Waals surface area contributed by atoms with Gasteiger partial charge in [-0.05, 0) is 45.0 Å². The average molecular weight is 521 g/mol. The maximum absolute atomic E-state index is 15.2. The molecule has 0 unspecified atom stereocenters. The predicted octanol–water partition coefficient (Wildman–Crippen LogP) is 3.65. The molecule has 3 saturated heterocycles. The third-order valence-electron chi connectivity index (χ3n) is 6.79. The van der Waals surface area contributed by atoms with Gasteiger partial charge in [-0.25, -0.2) is 9.59 Å². The molecule has 3 aliphatic heterocycles. The van der Waals surface area contributed by atoms with Crippen molar-refractivity contribution < 1.29 is 37.4 Å². The number of anilines is 1. The molecule has 4 heterocycles. The van der Waals surface area contributed by atoms with E-state index in [0.717, 1.165) is 15.8 Å². The Labute approximate surface area is 212 Å².